The predicted molar refractivity (Wildman–Crippen MR) is 79.0 cm³/mol. The van der Waals surface area contributed by atoms with Crippen LogP contribution in [0.2, 0.25) is 5.02 Å². The average Bonchev–Trinajstić information content (AvgIpc) is 3.24. The molecule has 0 saturated heterocycles. The van der Waals surface area contributed by atoms with Gasteiger partial charge in [0.15, 0.2) is 0 Å². The number of anilines is 1. The van der Waals surface area contributed by atoms with E-state index in [-0.39, 0.29) is 28.5 Å². The van der Waals surface area contributed by atoms with Crippen molar-refractivity contribution in [1.29, 1.82) is 0 Å². The summed E-state index contributed by atoms with van der Waals surface area (Å²) in [6.45, 7) is 0. The van der Waals surface area contributed by atoms with Gasteiger partial charge >= 0.3 is 0 Å². The number of amides is 1. The number of phenolic OH excluding ortho intramolecular Hbond substituents is 1. The van der Waals surface area contributed by atoms with Crippen molar-refractivity contribution in [1.82, 2.24) is 0 Å². The molecule has 0 aliphatic heterocycles. The van der Waals surface area contributed by atoms with Gasteiger partial charge in [0.05, 0.1) is 5.02 Å². The first-order chi connectivity index (χ1) is 10.0. The van der Waals surface area contributed by atoms with Crippen molar-refractivity contribution >= 4 is 23.2 Å². The Balaban J connectivity index is 1.65. The van der Waals surface area contributed by atoms with Gasteiger partial charge in [-0.3, -0.25) is 4.79 Å². The number of phenols is 1. The number of aromatic hydroxyl groups is 1. The maximum atomic E-state index is 13.1. The van der Waals surface area contributed by atoms with Crippen LogP contribution in [-0.2, 0) is 4.79 Å². The second kappa shape index (κ2) is 5.37. The third-order valence-electron chi connectivity index (χ3n) is 3.64. The largest absolute Gasteiger partial charge is 0.508 e. The molecule has 1 fully saturated rings. The van der Waals surface area contributed by atoms with Gasteiger partial charge < -0.3 is 10.4 Å². The van der Waals surface area contributed by atoms with Crippen LogP contribution in [0.4, 0.5) is 10.1 Å². The molecule has 1 amide bonds. The lowest BCUT2D eigenvalue weighted by molar-refractivity contribution is -0.117. The SMILES string of the molecule is O=C(Nc1ccc(F)c(Cl)c1)C1CC1c1ccc(O)cc1. The van der Waals surface area contributed by atoms with Gasteiger partial charge in [-0.1, -0.05) is 23.7 Å². The number of halogens is 2. The van der Waals surface area contributed by atoms with Gasteiger partial charge in [0, 0.05) is 11.6 Å². The Morgan fingerprint density at radius 3 is 2.62 bits per heavy atom. The van der Waals surface area contributed by atoms with Gasteiger partial charge in [0.25, 0.3) is 0 Å². The first-order valence-corrected chi connectivity index (χ1v) is 6.97. The summed E-state index contributed by atoms with van der Waals surface area (Å²) in [6, 6.07) is 11.0. The van der Waals surface area contributed by atoms with E-state index in [9.17, 15) is 14.3 Å². The molecule has 1 aliphatic carbocycles. The highest BCUT2D eigenvalue weighted by molar-refractivity contribution is 6.31. The van der Waals surface area contributed by atoms with Crippen LogP contribution >= 0.6 is 11.6 Å². The van der Waals surface area contributed by atoms with Gasteiger partial charge in [-0.15, -0.1) is 0 Å². The van der Waals surface area contributed by atoms with E-state index in [1.165, 1.54) is 18.2 Å². The maximum absolute atomic E-state index is 13.1. The third-order valence-corrected chi connectivity index (χ3v) is 3.93. The van der Waals surface area contributed by atoms with E-state index in [1.807, 2.05) is 12.1 Å². The van der Waals surface area contributed by atoms with Crippen LogP contribution in [-0.4, -0.2) is 11.0 Å². The fourth-order valence-electron chi connectivity index (χ4n) is 2.38. The average molecular weight is 306 g/mol. The van der Waals surface area contributed by atoms with Crippen molar-refractivity contribution in [2.24, 2.45) is 5.92 Å². The van der Waals surface area contributed by atoms with Crippen molar-refractivity contribution in [3.63, 3.8) is 0 Å². The second-order valence-corrected chi connectivity index (χ2v) is 5.57. The zero-order valence-electron chi connectivity index (χ0n) is 11.0. The molecule has 0 radical (unpaired) electrons. The van der Waals surface area contributed by atoms with Crippen LogP contribution in [0, 0.1) is 11.7 Å². The molecule has 5 heteroatoms. The Morgan fingerprint density at radius 2 is 1.95 bits per heavy atom. The Hall–Kier alpha value is -2.07. The van der Waals surface area contributed by atoms with Crippen molar-refractivity contribution in [2.75, 3.05) is 5.32 Å². The van der Waals surface area contributed by atoms with Crippen LogP contribution < -0.4 is 5.32 Å². The second-order valence-electron chi connectivity index (χ2n) is 5.16. The summed E-state index contributed by atoms with van der Waals surface area (Å²) in [7, 11) is 0. The standard InChI is InChI=1S/C16H13ClFNO2/c17-14-7-10(3-6-15(14)18)19-16(21)13-8-12(13)9-1-4-11(20)5-2-9/h1-7,12-13,20H,8H2,(H,19,21). The summed E-state index contributed by atoms with van der Waals surface area (Å²) in [5.41, 5.74) is 1.52. The molecule has 0 aromatic heterocycles. The molecule has 3 nitrogen and oxygen atoms in total. The summed E-state index contributed by atoms with van der Waals surface area (Å²) < 4.78 is 13.1. The van der Waals surface area contributed by atoms with Crippen LogP contribution in [0.5, 0.6) is 5.75 Å². The first kappa shape index (κ1) is 13.9. The van der Waals surface area contributed by atoms with Crippen molar-refractivity contribution < 1.29 is 14.3 Å². The summed E-state index contributed by atoms with van der Waals surface area (Å²) in [5, 5.41) is 12.0. The van der Waals surface area contributed by atoms with Crippen molar-refractivity contribution in [3.05, 3.63) is 58.9 Å². The molecule has 21 heavy (non-hydrogen) atoms. The summed E-state index contributed by atoms with van der Waals surface area (Å²) in [4.78, 5) is 12.1. The lowest BCUT2D eigenvalue weighted by Gasteiger charge is -2.06. The predicted octanol–water partition coefficient (Wildman–Crippen LogP) is 3.93. The molecule has 2 N–H and O–H groups in total. The maximum Gasteiger partial charge on any atom is 0.228 e. The van der Waals surface area contributed by atoms with Crippen molar-refractivity contribution in [2.45, 2.75) is 12.3 Å². The zero-order chi connectivity index (χ0) is 15.0. The summed E-state index contributed by atoms with van der Waals surface area (Å²) >= 11 is 5.68. The lowest BCUT2D eigenvalue weighted by Crippen LogP contribution is -2.14. The highest BCUT2D eigenvalue weighted by atomic mass is 35.5. The van der Waals surface area contributed by atoms with E-state index in [0.29, 0.717) is 5.69 Å². The van der Waals surface area contributed by atoms with E-state index >= 15 is 0 Å². The Labute approximate surface area is 126 Å². The molecular formula is C16H13ClFNO2. The number of carbonyl (C=O) groups is 1. The zero-order valence-corrected chi connectivity index (χ0v) is 11.8. The number of nitrogens with one attached hydrogen (secondary N) is 1. The molecule has 2 unspecified atom stereocenters. The number of hydrogen-bond acceptors (Lipinski definition) is 2. The molecule has 3 rings (SSSR count). The molecule has 108 valence electrons. The summed E-state index contributed by atoms with van der Waals surface area (Å²) in [5.74, 6) is -0.333. The van der Waals surface area contributed by atoms with E-state index in [4.69, 9.17) is 11.6 Å². The van der Waals surface area contributed by atoms with Crippen LogP contribution in [0.3, 0.4) is 0 Å². The normalized spacial score (nSPS) is 20.1. The molecule has 1 aliphatic rings. The number of rotatable bonds is 3. The molecule has 2 aromatic carbocycles. The monoisotopic (exact) mass is 305 g/mol. The highest BCUT2D eigenvalue weighted by Crippen LogP contribution is 2.48. The minimum atomic E-state index is -0.511. The van der Waals surface area contributed by atoms with Gasteiger partial charge in [0.1, 0.15) is 11.6 Å². The van der Waals surface area contributed by atoms with Crippen LogP contribution in [0.25, 0.3) is 0 Å². The lowest BCUT2D eigenvalue weighted by atomic mass is 10.1. The Morgan fingerprint density at radius 1 is 1.24 bits per heavy atom. The van der Waals surface area contributed by atoms with E-state index in [0.717, 1.165) is 12.0 Å². The molecule has 2 atom stereocenters. The molecule has 0 bridgehead atoms. The van der Waals surface area contributed by atoms with Gasteiger partial charge in [-0.05, 0) is 48.2 Å². The Bertz CT molecular complexity index is 687. The van der Waals surface area contributed by atoms with E-state index in [1.54, 1.807) is 12.1 Å². The smallest absolute Gasteiger partial charge is 0.228 e. The highest BCUT2D eigenvalue weighted by Gasteiger charge is 2.43. The number of hydrogen-bond donors (Lipinski definition) is 2. The Kier molecular flexibility index (Phi) is 3.55. The molecule has 0 spiro atoms. The number of benzene rings is 2. The fourth-order valence-corrected chi connectivity index (χ4v) is 2.56. The van der Waals surface area contributed by atoms with Gasteiger partial charge in [0.2, 0.25) is 5.91 Å². The number of carbonyl (C=O) groups excluding carboxylic acids is 1. The quantitative estimate of drug-likeness (QED) is 0.902. The van der Waals surface area contributed by atoms with Crippen LogP contribution in [0.1, 0.15) is 17.9 Å². The summed E-state index contributed by atoms with van der Waals surface area (Å²) in [6.07, 6.45) is 0.769. The molecule has 1 saturated carbocycles. The third kappa shape index (κ3) is 3.00. The molecule has 2 aromatic rings. The first-order valence-electron chi connectivity index (χ1n) is 6.59. The molecule has 0 heterocycles. The van der Waals surface area contributed by atoms with Crippen LogP contribution in [0.15, 0.2) is 42.5 Å². The fraction of sp³-hybridized carbons (Fsp3) is 0.188. The van der Waals surface area contributed by atoms with E-state index < -0.39 is 5.82 Å². The van der Waals surface area contributed by atoms with Gasteiger partial charge in [-0.25, -0.2) is 4.39 Å². The minimum Gasteiger partial charge on any atom is -0.508 e. The topological polar surface area (TPSA) is 49.3 Å². The van der Waals surface area contributed by atoms with Crippen molar-refractivity contribution in [3.8, 4) is 5.75 Å². The van der Waals surface area contributed by atoms with Gasteiger partial charge in [-0.2, -0.15) is 0 Å². The van der Waals surface area contributed by atoms with E-state index in [2.05, 4.69) is 5.32 Å². The molecular weight excluding hydrogens is 293 g/mol. The minimum absolute atomic E-state index is 0.0151.